The predicted octanol–water partition coefficient (Wildman–Crippen LogP) is 2.46. The highest BCUT2D eigenvalue weighted by molar-refractivity contribution is 5.87. The molecule has 2 amide bonds. The highest BCUT2D eigenvalue weighted by Crippen LogP contribution is 2.40. The summed E-state index contributed by atoms with van der Waals surface area (Å²) in [5.41, 5.74) is 0.743. The zero-order valence-electron chi connectivity index (χ0n) is 16.0. The van der Waals surface area contributed by atoms with E-state index in [0.29, 0.717) is 5.91 Å². The predicted molar refractivity (Wildman–Crippen MR) is 108 cm³/mol. The smallest absolute Gasteiger partial charge is 0.228 e. The van der Waals surface area contributed by atoms with Gasteiger partial charge in [0.25, 0.3) is 0 Å². The highest BCUT2D eigenvalue weighted by atomic mass is 35.5. The largest absolute Gasteiger partial charge is 0.350 e. The lowest BCUT2D eigenvalue weighted by atomic mass is 9.77. The van der Waals surface area contributed by atoms with Gasteiger partial charge in [0.15, 0.2) is 0 Å². The van der Waals surface area contributed by atoms with Gasteiger partial charge in [0.05, 0.1) is 5.92 Å². The Balaban J connectivity index is 0.00000210. The minimum atomic E-state index is -0.221. The number of amides is 2. The van der Waals surface area contributed by atoms with Gasteiger partial charge in [-0.2, -0.15) is 0 Å². The normalized spacial score (nSPS) is 26.3. The van der Waals surface area contributed by atoms with E-state index in [9.17, 15) is 9.59 Å². The van der Waals surface area contributed by atoms with Crippen LogP contribution in [0.15, 0.2) is 30.3 Å². The molecule has 0 aliphatic carbocycles. The second-order valence-electron chi connectivity index (χ2n) is 8.54. The maximum Gasteiger partial charge on any atom is 0.228 e. The van der Waals surface area contributed by atoms with Crippen LogP contribution in [0, 0.1) is 5.41 Å². The molecule has 3 heterocycles. The number of likely N-dealkylation sites (tertiary alicyclic amines) is 1. The van der Waals surface area contributed by atoms with Crippen LogP contribution in [0.3, 0.4) is 0 Å². The van der Waals surface area contributed by atoms with Crippen LogP contribution in [0.25, 0.3) is 0 Å². The first-order valence-electron chi connectivity index (χ1n) is 9.89. The number of nitrogens with zero attached hydrogens (tertiary/aromatic N) is 1. The summed E-state index contributed by atoms with van der Waals surface area (Å²) in [7, 11) is 0. The maximum atomic E-state index is 13.0. The number of carbonyl (C=O) groups is 2. The molecule has 6 heteroatoms. The summed E-state index contributed by atoms with van der Waals surface area (Å²) in [6.45, 7) is 5.47. The second kappa shape index (κ2) is 7.80. The van der Waals surface area contributed by atoms with E-state index >= 15 is 0 Å². The number of halogens is 1. The lowest BCUT2D eigenvalue weighted by Crippen LogP contribution is -2.55. The number of piperidine rings is 2. The highest BCUT2D eigenvalue weighted by Gasteiger charge is 2.48. The van der Waals surface area contributed by atoms with Gasteiger partial charge in [-0.25, -0.2) is 0 Å². The van der Waals surface area contributed by atoms with E-state index in [2.05, 4.69) is 17.6 Å². The van der Waals surface area contributed by atoms with E-state index in [1.165, 1.54) is 0 Å². The summed E-state index contributed by atoms with van der Waals surface area (Å²) >= 11 is 0. The van der Waals surface area contributed by atoms with Gasteiger partial charge >= 0.3 is 0 Å². The van der Waals surface area contributed by atoms with E-state index in [0.717, 1.165) is 63.8 Å². The summed E-state index contributed by atoms with van der Waals surface area (Å²) in [5, 5.41) is 6.62. The fraction of sp³-hybridized carbons (Fsp3) is 0.619. The molecule has 4 rings (SSSR count). The van der Waals surface area contributed by atoms with Gasteiger partial charge in [0, 0.05) is 24.0 Å². The van der Waals surface area contributed by atoms with Crippen LogP contribution in [0.1, 0.15) is 50.5 Å². The Morgan fingerprint density at radius 3 is 2.33 bits per heavy atom. The summed E-state index contributed by atoms with van der Waals surface area (Å²) in [6.07, 6.45) is 4.41. The van der Waals surface area contributed by atoms with Crippen molar-refractivity contribution in [3.05, 3.63) is 35.9 Å². The maximum absolute atomic E-state index is 13.0. The molecule has 3 aliphatic heterocycles. The van der Waals surface area contributed by atoms with Crippen molar-refractivity contribution in [3.63, 3.8) is 0 Å². The molecular weight excluding hydrogens is 362 g/mol. The Labute approximate surface area is 167 Å². The topological polar surface area (TPSA) is 61.4 Å². The molecule has 3 aliphatic rings. The molecule has 0 aromatic heterocycles. The molecule has 0 radical (unpaired) electrons. The zero-order chi connectivity index (χ0) is 18.2. The Bertz CT molecular complexity index is 680. The van der Waals surface area contributed by atoms with Crippen LogP contribution in [-0.2, 0) is 9.59 Å². The molecule has 27 heavy (non-hydrogen) atoms. The Morgan fingerprint density at radius 2 is 1.70 bits per heavy atom. The first-order valence-corrected chi connectivity index (χ1v) is 9.89. The quantitative estimate of drug-likeness (QED) is 0.814. The number of benzene rings is 1. The van der Waals surface area contributed by atoms with E-state index in [1.54, 1.807) is 0 Å². The molecule has 148 valence electrons. The van der Waals surface area contributed by atoms with Gasteiger partial charge in [0.1, 0.15) is 0 Å². The summed E-state index contributed by atoms with van der Waals surface area (Å²) in [5.74, 6) is 0.388. The van der Waals surface area contributed by atoms with Crippen molar-refractivity contribution in [2.45, 2.75) is 50.5 Å². The molecule has 0 bridgehead atoms. The summed E-state index contributed by atoms with van der Waals surface area (Å²) in [6, 6.07) is 10.1. The molecule has 3 saturated heterocycles. The molecule has 2 N–H and O–H groups in total. The van der Waals surface area contributed by atoms with E-state index in [-0.39, 0.29) is 35.2 Å². The molecule has 1 aromatic rings. The Morgan fingerprint density at radius 1 is 1.07 bits per heavy atom. The Kier molecular flexibility index (Phi) is 5.82. The van der Waals surface area contributed by atoms with Crippen molar-refractivity contribution in [2.24, 2.45) is 5.41 Å². The molecule has 1 unspecified atom stereocenters. The van der Waals surface area contributed by atoms with Crippen LogP contribution in [0.2, 0.25) is 0 Å². The SMILES string of the molecule is CC1(C(=O)N2CCC3(CC2)CC(c2ccccc2)C(=O)N3)CCNCC1.Cl. The fourth-order valence-electron chi connectivity index (χ4n) is 4.88. The second-order valence-corrected chi connectivity index (χ2v) is 8.54. The molecule has 3 fully saturated rings. The molecule has 5 nitrogen and oxygen atoms in total. The van der Waals surface area contributed by atoms with Gasteiger partial charge in [-0.1, -0.05) is 37.3 Å². The van der Waals surface area contributed by atoms with Gasteiger partial charge in [-0.3, -0.25) is 9.59 Å². The van der Waals surface area contributed by atoms with E-state index < -0.39 is 0 Å². The van der Waals surface area contributed by atoms with Crippen LogP contribution in [0.4, 0.5) is 0 Å². The first-order chi connectivity index (χ1) is 12.5. The lowest BCUT2D eigenvalue weighted by molar-refractivity contribution is -0.144. The minimum absolute atomic E-state index is 0. The van der Waals surface area contributed by atoms with Crippen molar-refractivity contribution in [1.29, 1.82) is 0 Å². The van der Waals surface area contributed by atoms with Gasteiger partial charge in [0.2, 0.25) is 11.8 Å². The van der Waals surface area contributed by atoms with Crippen LogP contribution in [-0.4, -0.2) is 48.4 Å². The number of rotatable bonds is 2. The van der Waals surface area contributed by atoms with Crippen LogP contribution < -0.4 is 10.6 Å². The molecule has 1 aromatic carbocycles. The standard InChI is InChI=1S/C21H29N3O2.ClH/c1-20(7-11-22-12-8-20)19(26)24-13-9-21(10-14-24)15-17(18(25)23-21)16-5-3-2-4-6-16;/h2-6,17,22H,7-15H2,1H3,(H,23,25);1H. The number of carbonyl (C=O) groups excluding carboxylic acids is 2. The van der Waals surface area contributed by atoms with Crippen molar-refractivity contribution < 1.29 is 9.59 Å². The third-order valence-corrected chi connectivity index (χ3v) is 6.73. The minimum Gasteiger partial charge on any atom is -0.350 e. The molecular formula is C21H30ClN3O2. The first kappa shape index (κ1) is 20.2. The van der Waals surface area contributed by atoms with Crippen LogP contribution in [0.5, 0.6) is 0 Å². The van der Waals surface area contributed by atoms with Gasteiger partial charge in [-0.15, -0.1) is 12.4 Å². The van der Waals surface area contributed by atoms with Crippen molar-refractivity contribution in [1.82, 2.24) is 15.5 Å². The average molecular weight is 392 g/mol. The van der Waals surface area contributed by atoms with Gasteiger partial charge in [-0.05, 0) is 50.8 Å². The van der Waals surface area contributed by atoms with Crippen molar-refractivity contribution >= 4 is 24.2 Å². The third-order valence-electron chi connectivity index (χ3n) is 6.73. The van der Waals surface area contributed by atoms with E-state index in [1.807, 2.05) is 35.2 Å². The number of nitrogens with one attached hydrogen (secondary N) is 2. The number of hydrogen-bond donors (Lipinski definition) is 2. The lowest BCUT2D eigenvalue weighted by Gasteiger charge is -2.43. The van der Waals surface area contributed by atoms with Crippen molar-refractivity contribution in [2.75, 3.05) is 26.2 Å². The van der Waals surface area contributed by atoms with Crippen molar-refractivity contribution in [3.8, 4) is 0 Å². The van der Waals surface area contributed by atoms with Crippen LogP contribution >= 0.6 is 12.4 Å². The zero-order valence-corrected chi connectivity index (χ0v) is 16.8. The number of hydrogen-bond acceptors (Lipinski definition) is 3. The van der Waals surface area contributed by atoms with Gasteiger partial charge < -0.3 is 15.5 Å². The molecule has 0 saturated carbocycles. The summed E-state index contributed by atoms with van der Waals surface area (Å²) in [4.78, 5) is 27.6. The monoisotopic (exact) mass is 391 g/mol. The average Bonchev–Trinajstić information content (AvgIpc) is 2.99. The third kappa shape index (κ3) is 3.85. The van der Waals surface area contributed by atoms with E-state index in [4.69, 9.17) is 0 Å². The summed E-state index contributed by atoms with van der Waals surface area (Å²) < 4.78 is 0. The molecule has 1 spiro atoms. The Hall–Kier alpha value is -1.59. The molecule has 1 atom stereocenters. The fourth-order valence-corrected chi connectivity index (χ4v) is 4.88.